The third-order valence-electron chi connectivity index (χ3n) is 2.47. The van der Waals surface area contributed by atoms with E-state index in [1.54, 1.807) is 6.20 Å². The molecule has 0 aliphatic rings. The minimum atomic E-state index is 0.426. The van der Waals surface area contributed by atoms with Gasteiger partial charge in [0.1, 0.15) is 11.5 Å². The zero-order valence-electron chi connectivity index (χ0n) is 10.6. The van der Waals surface area contributed by atoms with Gasteiger partial charge in [0, 0.05) is 12.1 Å². The van der Waals surface area contributed by atoms with Gasteiger partial charge < -0.3 is 20.2 Å². The van der Waals surface area contributed by atoms with Crippen LogP contribution in [0.25, 0.3) is 0 Å². The minimum absolute atomic E-state index is 0.426. The van der Waals surface area contributed by atoms with E-state index in [0.29, 0.717) is 19.2 Å². The van der Waals surface area contributed by atoms with Gasteiger partial charge in [0.2, 0.25) is 0 Å². The third-order valence-corrected chi connectivity index (χ3v) is 2.47. The van der Waals surface area contributed by atoms with Gasteiger partial charge in [0.25, 0.3) is 6.01 Å². The summed E-state index contributed by atoms with van der Waals surface area (Å²) in [5.74, 6) is 1.50. The van der Waals surface area contributed by atoms with Gasteiger partial charge in [-0.15, -0.1) is 0 Å². The minimum Gasteiger partial charge on any atom is -0.491 e. The van der Waals surface area contributed by atoms with Gasteiger partial charge >= 0.3 is 0 Å². The molecule has 96 valence electrons. The number of nitrogens with zero attached hydrogens (tertiary/aromatic N) is 1. The van der Waals surface area contributed by atoms with Gasteiger partial charge in [-0.25, -0.2) is 4.98 Å². The molecule has 0 aliphatic heterocycles. The summed E-state index contributed by atoms with van der Waals surface area (Å²) in [6, 6.07) is 6.21. The maximum atomic E-state index is 5.70. The molecule has 2 aromatic rings. The summed E-state index contributed by atoms with van der Waals surface area (Å²) in [5.41, 5.74) is 7.46. The van der Waals surface area contributed by atoms with Crippen LogP contribution in [0.15, 0.2) is 28.8 Å². The normalized spacial score (nSPS) is 10.4. The second kappa shape index (κ2) is 5.55. The Morgan fingerprint density at radius 2 is 2.28 bits per heavy atom. The van der Waals surface area contributed by atoms with Crippen LogP contribution in [0, 0.1) is 6.92 Å². The highest BCUT2D eigenvalue weighted by atomic mass is 16.5. The molecule has 0 fully saturated rings. The van der Waals surface area contributed by atoms with Crippen LogP contribution in [-0.4, -0.2) is 11.6 Å². The summed E-state index contributed by atoms with van der Waals surface area (Å²) < 4.78 is 11.0. The van der Waals surface area contributed by atoms with Crippen molar-refractivity contribution in [3.05, 3.63) is 35.7 Å². The van der Waals surface area contributed by atoms with Gasteiger partial charge in [-0.05, 0) is 19.9 Å². The van der Waals surface area contributed by atoms with E-state index in [2.05, 4.69) is 10.3 Å². The molecule has 5 nitrogen and oxygen atoms in total. The fourth-order valence-corrected chi connectivity index (χ4v) is 1.69. The van der Waals surface area contributed by atoms with Crippen molar-refractivity contribution in [3.63, 3.8) is 0 Å². The van der Waals surface area contributed by atoms with Gasteiger partial charge in [-0.1, -0.05) is 12.1 Å². The molecule has 0 saturated carbocycles. The lowest BCUT2D eigenvalue weighted by Crippen LogP contribution is -2.05. The molecule has 0 bridgehead atoms. The van der Waals surface area contributed by atoms with E-state index < -0.39 is 0 Å². The lowest BCUT2D eigenvalue weighted by Gasteiger charge is -2.13. The first kappa shape index (κ1) is 12.4. The Morgan fingerprint density at radius 1 is 1.44 bits per heavy atom. The van der Waals surface area contributed by atoms with Crippen LogP contribution < -0.4 is 15.8 Å². The number of ether oxygens (including phenoxy) is 1. The van der Waals surface area contributed by atoms with Crippen LogP contribution >= 0.6 is 0 Å². The molecule has 3 N–H and O–H groups in total. The number of oxazole rings is 1. The molecular formula is C13H17N3O2. The van der Waals surface area contributed by atoms with Crippen molar-refractivity contribution in [1.82, 2.24) is 4.98 Å². The quantitative estimate of drug-likeness (QED) is 0.849. The fourth-order valence-electron chi connectivity index (χ4n) is 1.69. The van der Waals surface area contributed by atoms with E-state index in [0.717, 1.165) is 22.8 Å². The van der Waals surface area contributed by atoms with Crippen molar-refractivity contribution >= 4 is 11.7 Å². The van der Waals surface area contributed by atoms with Crippen molar-refractivity contribution in [1.29, 1.82) is 0 Å². The second-order valence-electron chi connectivity index (χ2n) is 3.83. The van der Waals surface area contributed by atoms with Crippen LogP contribution in [-0.2, 0) is 6.54 Å². The molecule has 0 amide bonds. The predicted molar refractivity (Wildman–Crippen MR) is 70.0 cm³/mol. The topological polar surface area (TPSA) is 73.3 Å². The number of benzene rings is 1. The van der Waals surface area contributed by atoms with E-state index in [9.17, 15) is 0 Å². The number of nitrogens with two attached hydrogens (primary N) is 1. The van der Waals surface area contributed by atoms with E-state index >= 15 is 0 Å². The summed E-state index contributed by atoms with van der Waals surface area (Å²) in [7, 11) is 0. The molecule has 1 aromatic heterocycles. The second-order valence-corrected chi connectivity index (χ2v) is 3.83. The number of aromatic nitrogens is 1. The highest BCUT2D eigenvalue weighted by Crippen LogP contribution is 2.31. The molecule has 1 heterocycles. The molecule has 0 saturated heterocycles. The van der Waals surface area contributed by atoms with Crippen molar-refractivity contribution in [2.24, 2.45) is 5.73 Å². The van der Waals surface area contributed by atoms with Gasteiger partial charge in [-0.3, -0.25) is 0 Å². The van der Waals surface area contributed by atoms with Crippen LogP contribution in [0.5, 0.6) is 5.75 Å². The van der Waals surface area contributed by atoms with Crippen LogP contribution in [0.1, 0.15) is 18.2 Å². The maximum Gasteiger partial charge on any atom is 0.299 e. The Labute approximate surface area is 106 Å². The molecule has 0 atom stereocenters. The Balaban J connectivity index is 2.31. The number of hydrogen-bond donors (Lipinski definition) is 2. The molecular weight excluding hydrogens is 230 g/mol. The molecule has 0 spiro atoms. The van der Waals surface area contributed by atoms with E-state index in [4.69, 9.17) is 14.9 Å². The summed E-state index contributed by atoms with van der Waals surface area (Å²) in [6.45, 7) is 4.79. The Kier molecular flexibility index (Phi) is 3.84. The monoisotopic (exact) mass is 247 g/mol. The first-order valence-corrected chi connectivity index (χ1v) is 5.88. The number of nitrogens with one attached hydrogen (secondary N) is 1. The van der Waals surface area contributed by atoms with Crippen LogP contribution in [0.4, 0.5) is 11.7 Å². The van der Waals surface area contributed by atoms with E-state index in [1.165, 1.54) is 0 Å². The number of rotatable bonds is 5. The van der Waals surface area contributed by atoms with Crippen molar-refractivity contribution in [2.45, 2.75) is 20.4 Å². The third kappa shape index (κ3) is 2.62. The molecule has 1 aromatic carbocycles. The molecule has 0 unspecified atom stereocenters. The maximum absolute atomic E-state index is 5.70. The first-order valence-electron chi connectivity index (χ1n) is 5.88. The highest BCUT2D eigenvalue weighted by molar-refractivity contribution is 5.64. The van der Waals surface area contributed by atoms with Crippen molar-refractivity contribution in [2.75, 3.05) is 11.9 Å². The van der Waals surface area contributed by atoms with Gasteiger partial charge in [-0.2, -0.15) is 0 Å². The zero-order chi connectivity index (χ0) is 13.0. The average Bonchev–Trinajstić information content (AvgIpc) is 2.77. The molecule has 0 radical (unpaired) electrons. The highest BCUT2D eigenvalue weighted by Gasteiger charge is 2.10. The van der Waals surface area contributed by atoms with Crippen LogP contribution in [0.2, 0.25) is 0 Å². The van der Waals surface area contributed by atoms with Crippen LogP contribution in [0.3, 0.4) is 0 Å². The fraction of sp³-hybridized carbons (Fsp3) is 0.308. The zero-order valence-corrected chi connectivity index (χ0v) is 10.6. The first-order chi connectivity index (χ1) is 8.74. The number of anilines is 2. The number of para-hydroxylation sites is 1. The SMILES string of the molecule is CCOc1c(CN)cccc1Nc1ncc(C)o1. The summed E-state index contributed by atoms with van der Waals surface area (Å²) in [6.07, 6.45) is 1.66. The smallest absolute Gasteiger partial charge is 0.299 e. The Morgan fingerprint density at radius 3 is 2.89 bits per heavy atom. The van der Waals surface area contributed by atoms with Gasteiger partial charge in [0.05, 0.1) is 18.5 Å². The van der Waals surface area contributed by atoms with Gasteiger partial charge in [0.15, 0.2) is 0 Å². The lowest BCUT2D eigenvalue weighted by atomic mass is 10.1. The Bertz CT molecular complexity index is 523. The molecule has 0 aliphatic carbocycles. The summed E-state index contributed by atoms with van der Waals surface area (Å²) in [4.78, 5) is 4.10. The van der Waals surface area contributed by atoms with E-state index in [-0.39, 0.29) is 0 Å². The lowest BCUT2D eigenvalue weighted by molar-refractivity contribution is 0.338. The Hall–Kier alpha value is -2.01. The average molecular weight is 247 g/mol. The molecule has 18 heavy (non-hydrogen) atoms. The predicted octanol–water partition coefficient (Wildman–Crippen LogP) is 2.58. The number of aryl methyl sites for hydroxylation is 1. The molecule has 2 rings (SSSR count). The standard InChI is InChI=1S/C13H17N3O2/c1-3-17-12-10(7-14)5-4-6-11(12)16-13-15-8-9(2)18-13/h4-6,8H,3,7,14H2,1-2H3,(H,15,16). The van der Waals surface area contributed by atoms with Crippen molar-refractivity contribution in [3.8, 4) is 5.75 Å². The molecule has 5 heteroatoms. The number of hydrogen-bond acceptors (Lipinski definition) is 5. The van der Waals surface area contributed by atoms with E-state index in [1.807, 2.05) is 32.0 Å². The van der Waals surface area contributed by atoms with Crippen molar-refractivity contribution < 1.29 is 9.15 Å². The largest absolute Gasteiger partial charge is 0.491 e. The summed E-state index contributed by atoms with van der Waals surface area (Å²) >= 11 is 0. The summed E-state index contributed by atoms with van der Waals surface area (Å²) in [5, 5.41) is 3.09.